The molecule has 0 saturated heterocycles. The van der Waals surface area contributed by atoms with Gasteiger partial charge in [-0.05, 0) is 19.3 Å². The smallest absolute Gasteiger partial charge is 0.320 e. The molecule has 0 spiro atoms. The van der Waals surface area contributed by atoms with Crippen LogP contribution in [-0.4, -0.2) is 34.4 Å². The summed E-state index contributed by atoms with van der Waals surface area (Å²) in [4.78, 5) is 10.9. The highest BCUT2D eigenvalue weighted by molar-refractivity contribution is 5.73. The summed E-state index contributed by atoms with van der Waals surface area (Å²) in [5, 5.41) is 21.0. The van der Waals surface area contributed by atoms with E-state index in [1.807, 2.05) is 6.92 Å². The maximum Gasteiger partial charge on any atom is 0.320 e. The van der Waals surface area contributed by atoms with Crippen molar-refractivity contribution in [1.29, 1.82) is 0 Å². The molecule has 1 aliphatic carbocycles. The van der Waals surface area contributed by atoms with Gasteiger partial charge in [-0.1, -0.05) is 19.8 Å². The highest BCUT2D eigenvalue weighted by Crippen LogP contribution is 2.35. The van der Waals surface area contributed by atoms with Crippen molar-refractivity contribution < 1.29 is 15.0 Å². The number of rotatable bonds is 7. The number of unbranched alkanes of at least 4 members (excludes halogenated alkanes) is 1. The first-order chi connectivity index (χ1) is 6.63. The molecule has 0 heterocycles. The molecule has 1 aliphatic rings. The second kappa shape index (κ2) is 4.75. The summed E-state index contributed by atoms with van der Waals surface area (Å²) < 4.78 is 0. The normalized spacial score (nSPS) is 20.4. The quantitative estimate of drug-likeness (QED) is 0.568. The van der Waals surface area contributed by atoms with E-state index in [1.165, 1.54) is 0 Å². The first-order valence-electron chi connectivity index (χ1n) is 5.25. The second-order valence-corrected chi connectivity index (χ2v) is 4.12. The summed E-state index contributed by atoms with van der Waals surface area (Å²) in [6.07, 6.45) is 4.33. The number of aliphatic hydroxyl groups excluding tert-OH is 1. The van der Waals surface area contributed by atoms with Crippen LogP contribution < -0.4 is 5.32 Å². The van der Waals surface area contributed by atoms with Crippen LogP contribution in [0, 0.1) is 0 Å². The fourth-order valence-corrected chi connectivity index (χ4v) is 1.53. The Morgan fingerprint density at radius 3 is 2.57 bits per heavy atom. The first-order valence-corrected chi connectivity index (χ1v) is 5.25. The molecule has 1 atom stereocenters. The van der Waals surface area contributed by atoms with Gasteiger partial charge >= 0.3 is 5.97 Å². The van der Waals surface area contributed by atoms with Gasteiger partial charge in [0.2, 0.25) is 0 Å². The Bertz CT molecular complexity index is 202. The molecule has 3 N–H and O–H groups in total. The molecular weight excluding hydrogens is 182 g/mol. The molecule has 4 heteroatoms. The molecule has 1 rings (SSSR count). The van der Waals surface area contributed by atoms with E-state index in [1.54, 1.807) is 0 Å². The van der Waals surface area contributed by atoms with Crippen LogP contribution in [0.5, 0.6) is 0 Å². The number of carbonyl (C=O) groups is 1. The van der Waals surface area contributed by atoms with Crippen LogP contribution in [0.3, 0.4) is 0 Å². The molecule has 0 radical (unpaired) electrons. The Kier molecular flexibility index (Phi) is 3.89. The molecule has 0 amide bonds. The van der Waals surface area contributed by atoms with Gasteiger partial charge in [0, 0.05) is 5.54 Å². The SMILES string of the molecule is CCCCC(NC1(CO)CC1)C(=O)O. The molecule has 0 aromatic heterocycles. The lowest BCUT2D eigenvalue weighted by atomic mass is 10.1. The fourth-order valence-electron chi connectivity index (χ4n) is 1.53. The van der Waals surface area contributed by atoms with E-state index in [2.05, 4.69) is 5.32 Å². The van der Waals surface area contributed by atoms with Crippen LogP contribution in [0.4, 0.5) is 0 Å². The zero-order valence-corrected chi connectivity index (χ0v) is 8.62. The monoisotopic (exact) mass is 201 g/mol. The molecule has 1 unspecified atom stereocenters. The zero-order valence-electron chi connectivity index (χ0n) is 8.62. The van der Waals surface area contributed by atoms with Gasteiger partial charge in [-0.15, -0.1) is 0 Å². The summed E-state index contributed by atoms with van der Waals surface area (Å²) >= 11 is 0. The van der Waals surface area contributed by atoms with Gasteiger partial charge in [0.1, 0.15) is 6.04 Å². The van der Waals surface area contributed by atoms with Crippen molar-refractivity contribution in [2.24, 2.45) is 0 Å². The van der Waals surface area contributed by atoms with Gasteiger partial charge in [-0.2, -0.15) is 0 Å². The molecule has 0 aromatic carbocycles. The lowest BCUT2D eigenvalue weighted by Gasteiger charge is -2.20. The minimum Gasteiger partial charge on any atom is -0.480 e. The Labute approximate surface area is 84.3 Å². The van der Waals surface area contributed by atoms with Crippen molar-refractivity contribution in [3.8, 4) is 0 Å². The number of aliphatic carboxylic acids is 1. The summed E-state index contributed by atoms with van der Waals surface area (Å²) in [5.74, 6) is -0.807. The number of aliphatic hydroxyl groups is 1. The summed E-state index contributed by atoms with van der Waals surface area (Å²) in [6, 6.07) is -0.496. The lowest BCUT2D eigenvalue weighted by molar-refractivity contribution is -0.140. The van der Waals surface area contributed by atoms with Crippen molar-refractivity contribution in [2.45, 2.75) is 50.6 Å². The molecule has 4 nitrogen and oxygen atoms in total. The van der Waals surface area contributed by atoms with Crippen molar-refractivity contribution in [3.63, 3.8) is 0 Å². The van der Waals surface area contributed by atoms with Crippen LogP contribution >= 0.6 is 0 Å². The highest BCUT2D eigenvalue weighted by atomic mass is 16.4. The van der Waals surface area contributed by atoms with Gasteiger partial charge in [-0.3, -0.25) is 10.1 Å². The predicted octanol–water partition coefficient (Wildman–Crippen LogP) is 0.744. The lowest BCUT2D eigenvalue weighted by Crippen LogP contribution is -2.46. The number of carboxylic acids is 1. The summed E-state index contributed by atoms with van der Waals surface area (Å²) in [6.45, 7) is 2.08. The van der Waals surface area contributed by atoms with Gasteiger partial charge in [0.25, 0.3) is 0 Å². The van der Waals surface area contributed by atoms with Gasteiger partial charge in [0.15, 0.2) is 0 Å². The van der Waals surface area contributed by atoms with E-state index >= 15 is 0 Å². The van der Waals surface area contributed by atoms with Crippen molar-refractivity contribution in [1.82, 2.24) is 5.32 Å². The van der Waals surface area contributed by atoms with Crippen molar-refractivity contribution in [3.05, 3.63) is 0 Å². The van der Waals surface area contributed by atoms with E-state index in [4.69, 9.17) is 10.2 Å². The summed E-state index contributed by atoms with van der Waals surface area (Å²) in [5.41, 5.74) is -0.281. The van der Waals surface area contributed by atoms with E-state index < -0.39 is 12.0 Å². The minimum absolute atomic E-state index is 0.0445. The average molecular weight is 201 g/mol. The van der Waals surface area contributed by atoms with Crippen LogP contribution in [0.1, 0.15) is 39.0 Å². The molecular formula is C10H19NO3. The number of nitrogens with one attached hydrogen (secondary N) is 1. The largest absolute Gasteiger partial charge is 0.480 e. The van der Waals surface area contributed by atoms with Crippen LogP contribution in [0.25, 0.3) is 0 Å². The maximum absolute atomic E-state index is 10.9. The van der Waals surface area contributed by atoms with Gasteiger partial charge in [-0.25, -0.2) is 0 Å². The third-order valence-corrected chi connectivity index (χ3v) is 2.78. The van der Waals surface area contributed by atoms with Crippen LogP contribution in [0.2, 0.25) is 0 Å². The predicted molar refractivity (Wildman–Crippen MR) is 53.1 cm³/mol. The Hall–Kier alpha value is -0.610. The Morgan fingerprint density at radius 2 is 2.21 bits per heavy atom. The van der Waals surface area contributed by atoms with E-state index in [0.29, 0.717) is 6.42 Å². The molecule has 14 heavy (non-hydrogen) atoms. The molecule has 1 fully saturated rings. The van der Waals surface area contributed by atoms with E-state index in [0.717, 1.165) is 25.7 Å². The molecule has 82 valence electrons. The summed E-state index contributed by atoms with van der Waals surface area (Å²) in [7, 11) is 0. The fraction of sp³-hybridized carbons (Fsp3) is 0.900. The second-order valence-electron chi connectivity index (χ2n) is 4.12. The molecule has 0 aromatic rings. The molecule has 0 bridgehead atoms. The minimum atomic E-state index is -0.807. The van der Waals surface area contributed by atoms with E-state index in [9.17, 15) is 4.79 Å². The molecule has 1 saturated carbocycles. The zero-order chi connectivity index (χ0) is 10.6. The number of hydrogen-bond acceptors (Lipinski definition) is 3. The standard InChI is InChI=1S/C10H19NO3/c1-2-3-4-8(9(13)14)11-10(7-12)5-6-10/h8,11-12H,2-7H2,1H3,(H,13,14). The Morgan fingerprint density at radius 1 is 1.57 bits per heavy atom. The third-order valence-electron chi connectivity index (χ3n) is 2.78. The number of carboxylic acid groups (broad SMARTS) is 1. The van der Waals surface area contributed by atoms with Crippen LogP contribution in [-0.2, 0) is 4.79 Å². The third kappa shape index (κ3) is 2.96. The Balaban J connectivity index is 2.39. The topological polar surface area (TPSA) is 69.6 Å². The van der Waals surface area contributed by atoms with Gasteiger partial charge < -0.3 is 10.2 Å². The molecule has 0 aliphatic heterocycles. The first kappa shape index (κ1) is 11.5. The van der Waals surface area contributed by atoms with Crippen molar-refractivity contribution >= 4 is 5.97 Å². The number of hydrogen-bond donors (Lipinski definition) is 3. The highest BCUT2D eigenvalue weighted by Gasteiger charge is 2.44. The average Bonchev–Trinajstić information content (AvgIpc) is 2.92. The van der Waals surface area contributed by atoms with Crippen LogP contribution in [0.15, 0.2) is 0 Å². The van der Waals surface area contributed by atoms with Gasteiger partial charge in [0.05, 0.1) is 6.61 Å². The maximum atomic E-state index is 10.9. The van der Waals surface area contributed by atoms with E-state index in [-0.39, 0.29) is 12.1 Å². The van der Waals surface area contributed by atoms with Crippen molar-refractivity contribution in [2.75, 3.05) is 6.61 Å².